The Bertz CT molecular complexity index is 1070. The molecular formula is C31H41NO6. The van der Waals surface area contributed by atoms with E-state index in [2.05, 4.69) is 11.8 Å². The summed E-state index contributed by atoms with van der Waals surface area (Å²) in [5.41, 5.74) is 1.45. The summed E-state index contributed by atoms with van der Waals surface area (Å²) in [6.45, 7) is 4.93. The molecule has 0 spiro atoms. The van der Waals surface area contributed by atoms with Crippen molar-refractivity contribution in [1.82, 2.24) is 4.90 Å². The highest BCUT2D eigenvalue weighted by Crippen LogP contribution is 2.36. The van der Waals surface area contributed by atoms with Gasteiger partial charge < -0.3 is 24.2 Å². The summed E-state index contributed by atoms with van der Waals surface area (Å²) in [4.78, 5) is 27.8. The fraction of sp³-hybridized carbons (Fsp3) is 0.548. The summed E-state index contributed by atoms with van der Waals surface area (Å²) < 4.78 is 16.5. The van der Waals surface area contributed by atoms with Gasteiger partial charge in [-0.2, -0.15) is 0 Å². The molecule has 0 saturated carbocycles. The number of benzene rings is 2. The monoisotopic (exact) mass is 523 g/mol. The first-order valence-electron chi connectivity index (χ1n) is 13.9. The summed E-state index contributed by atoms with van der Waals surface area (Å²) in [6.07, 6.45) is 5.15. The van der Waals surface area contributed by atoms with Gasteiger partial charge in [-0.1, -0.05) is 12.5 Å². The van der Waals surface area contributed by atoms with Gasteiger partial charge in [-0.25, -0.2) is 0 Å². The van der Waals surface area contributed by atoms with Crippen LogP contribution in [0.25, 0.3) is 0 Å². The van der Waals surface area contributed by atoms with E-state index in [0.717, 1.165) is 50.0 Å². The van der Waals surface area contributed by atoms with Crippen molar-refractivity contribution in [1.29, 1.82) is 0 Å². The van der Waals surface area contributed by atoms with Crippen molar-refractivity contribution >= 4 is 11.6 Å². The lowest BCUT2D eigenvalue weighted by Crippen LogP contribution is -2.35. The number of Topliss-reactive ketones (excluding diaryl/α,β-unsaturated/α-hetero) is 2. The number of hydrogen-bond donors (Lipinski definition) is 1. The number of ether oxygens (including phenoxy) is 3. The van der Waals surface area contributed by atoms with E-state index in [-0.39, 0.29) is 17.5 Å². The summed E-state index contributed by atoms with van der Waals surface area (Å²) in [5.74, 6) is 2.16. The second-order valence-electron chi connectivity index (χ2n) is 10.5. The number of nitrogens with zero attached hydrogens (tertiary/aromatic N) is 1. The SMILES string of the molecule is COc1ccc(C(=O)CCCCCC(=O)C[C@H](CN2CCC[C@@H]2C)[C@H](O)c2ccc3c(c2)OCCO3)cc1. The van der Waals surface area contributed by atoms with E-state index in [4.69, 9.17) is 14.2 Å². The molecule has 0 bridgehead atoms. The first kappa shape index (κ1) is 28.1. The molecular weight excluding hydrogens is 482 g/mol. The topological polar surface area (TPSA) is 85.3 Å². The van der Waals surface area contributed by atoms with Gasteiger partial charge in [0.05, 0.1) is 13.2 Å². The number of carbonyl (C=O) groups excluding carboxylic acids is 2. The molecule has 2 aliphatic rings. The Morgan fingerprint density at radius 1 is 1.03 bits per heavy atom. The van der Waals surface area contributed by atoms with Gasteiger partial charge in [0.1, 0.15) is 24.7 Å². The van der Waals surface area contributed by atoms with Crippen LogP contribution in [0.3, 0.4) is 0 Å². The quantitative estimate of drug-likeness (QED) is 0.262. The van der Waals surface area contributed by atoms with E-state index >= 15 is 0 Å². The lowest BCUT2D eigenvalue weighted by atomic mass is 9.89. The lowest BCUT2D eigenvalue weighted by Gasteiger charge is -2.30. The molecule has 2 heterocycles. The zero-order chi connectivity index (χ0) is 26.9. The van der Waals surface area contributed by atoms with E-state index < -0.39 is 6.10 Å². The number of rotatable bonds is 14. The highest BCUT2D eigenvalue weighted by atomic mass is 16.6. The maximum Gasteiger partial charge on any atom is 0.162 e. The Kier molecular flexibility index (Phi) is 10.2. The van der Waals surface area contributed by atoms with Crippen LogP contribution in [-0.4, -0.2) is 61.0 Å². The summed E-state index contributed by atoms with van der Waals surface area (Å²) >= 11 is 0. The molecule has 1 N–H and O–H groups in total. The number of hydrogen-bond acceptors (Lipinski definition) is 7. The molecule has 0 amide bonds. The number of carbonyl (C=O) groups is 2. The summed E-state index contributed by atoms with van der Waals surface area (Å²) in [7, 11) is 1.60. The number of methoxy groups -OCH3 is 1. The molecule has 38 heavy (non-hydrogen) atoms. The molecule has 0 aliphatic carbocycles. The maximum absolute atomic E-state index is 13.0. The average molecular weight is 524 g/mol. The van der Waals surface area contributed by atoms with E-state index in [1.807, 2.05) is 18.2 Å². The van der Waals surface area contributed by atoms with E-state index in [9.17, 15) is 14.7 Å². The minimum absolute atomic E-state index is 0.112. The second-order valence-corrected chi connectivity index (χ2v) is 10.5. The van der Waals surface area contributed by atoms with E-state index in [1.54, 1.807) is 31.4 Å². The van der Waals surface area contributed by atoms with Gasteiger partial charge in [-0.3, -0.25) is 9.59 Å². The van der Waals surface area contributed by atoms with Crippen LogP contribution in [0, 0.1) is 5.92 Å². The van der Waals surface area contributed by atoms with Gasteiger partial charge in [0, 0.05) is 43.3 Å². The smallest absolute Gasteiger partial charge is 0.162 e. The third-order valence-corrected chi connectivity index (χ3v) is 7.78. The van der Waals surface area contributed by atoms with Crippen molar-refractivity contribution in [3.63, 3.8) is 0 Å². The zero-order valence-electron chi connectivity index (χ0n) is 22.7. The number of fused-ring (bicyclic) bond motifs is 1. The van der Waals surface area contributed by atoms with Crippen LogP contribution in [0.2, 0.25) is 0 Å². The minimum Gasteiger partial charge on any atom is -0.497 e. The molecule has 0 aromatic heterocycles. The Hall–Kier alpha value is -2.90. The molecule has 2 aromatic carbocycles. The van der Waals surface area contributed by atoms with Gasteiger partial charge in [0.25, 0.3) is 0 Å². The predicted octanol–water partition coefficient (Wildman–Crippen LogP) is 5.39. The predicted molar refractivity (Wildman–Crippen MR) is 146 cm³/mol. The van der Waals surface area contributed by atoms with Crippen molar-refractivity contribution < 1.29 is 28.9 Å². The summed E-state index contributed by atoms with van der Waals surface area (Å²) in [5, 5.41) is 11.4. The highest BCUT2D eigenvalue weighted by molar-refractivity contribution is 5.96. The second kappa shape index (κ2) is 13.8. The molecule has 0 unspecified atom stereocenters. The minimum atomic E-state index is -0.760. The normalized spacial score (nSPS) is 18.7. The molecule has 0 radical (unpaired) electrons. The van der Waals surface area contributed by atoms with Gasteiger partial charge >= 0.3 is 0 Å². The van der Waals surface area contributed by atoms with Crippen LogP contribution < -0.4 is 14.2 Å². The number of aliphatic hydroxyl groups is 1. The molecule has 3 atom stereocenters. The fourth-order valence-corrected chi connectivity index (χ4v) is 5.46. The van der Waals surface area contributed by atoms with Crippen molar-refractivity contribution in [2.75, 3.05) is 33.4 Å². The van der Waals surface area contributed by atoms with E-state index in [1.165, 1.54) is 0 Å². The summed E-state index contributed by atoms with van der Waals surface area (Å²) in [6, 6.07) is 13.2. The number of aliphatic hydroxyl groups excluding tert-OH is 1. The molecule has 4 rings (SSSR count). The maximum atomic E-state index is 13.0. The molecule has 1 saturated heterocycles. The number of unbranched alkanes of at least 4 members (excludes halogenated alkanes) is 2. The first-order chi connectivity index (χ1) is 18.4. The molecule has 206 valence electrons. The van der Waals surface area contributed by atoms with Crippen molar-refractivity contribution in [3.05, 3.63) is 53.6 Å². The van der Waals surface area contributed by atoms with Crippen LogP contribution in [0.15, 0.2) is 42.5 Å². The largest absolute Gasteiger partial charge is 0.497 e. The number of likely N-dealkylation sites (tertiary alicyclic amines) is 1. The Morgan fingerprint density at radius 3 is 2.47 bits per heavy atom. The standard InChI is InChI=1S/C31H41NO6/c1-22-7-6-16-32(22)21-25(31(35)24-12-15-29-30(20-24)38-18-17-37-29)19-26(33)8-4-3-5-9-28(34)23-10-13-27(36-2)14-11-23/h10-15,20,22,25,31,35H,3-9,16-19,21H2,1-2H3/t22-,25+,31+/m0/s1. The Labute approximate surface area is 226 Å². The Morgan fingerprint density at radius 2 is 1.76 bits per heavy atom. The fourth-order valence-electron chi connectivity index (χ4n) is 5.46. The zero-order valence-corrected chi connectivity index (χ0v) is 22.7. The van der Waals surface area contributed by atoms with Crippen molar-refractivity contribution in [2.24, 2.45) is 5.92 Å². The third kappa shape index (κ3) is 7.58. The molecule has 7 nitrogen and oxygen atoms in total. The van der Waals surface area contributed by atoms with Crippen LogP contribution in [0.1, 0.15) is 80.3 Å². The molecule has 1 fully saturated rings. The van der Waals surface area contributed by atoms with Gasteiger partial charge in [0.2, 0.25) is 0 Å². The van der Waals surface area contributed by atoms with Crippen molar-refractivity contribution in [3.8, 4) is 17.2 Å². The number of ketones is 2. The first-order valence-corrected chi connectivity index (χ1v) is 13.9. The molecule has 2 aromatic rings. The Balaban J connectivity index is 1.28. The van der Waals surface area contributed by atoms with Gasteiger partial charge in [0.15, 0.2) is 17.3 Å². The van der Waals surface area contributed by atoms with E-state index in [0.29, 0.717) is 62.1 Å². The van der Waals surface area contributed by atoms with Gasteiger partial charge in [-0.05, 0) is 81.1 Å². The lowest BCUT2D eigenvalue weighted by molar-refractivity contribution is -0.121. The van der Waals surface area contributed by atoms with Crippen LogP contribution in [0.4, 0.5) is 0 Å². The van der Waals surface area contributed by atoms with Crippen LogP contribution >= 0.6 is 0 Å². The van der Waals surface area contributed by atoms with Crippen molar-refractivity contribution in [2.45, 2.75) is 70.4 Å². The third-order valence-electron chi connectivity index (χ3n) is 7.78. The molecule has 2 aliphatic heterocycles. The average Bonchev–Trinajstić information content (AvgIpc) is 3.35. The van der Waals surface area contributed by atoms with Crippen LogP contribution in [0.5, 0.6) is 17.2 Å². The highest BCUT2D eigenvalue weighted by Gasteiger charge is 2.30. The van der Waals surface area contributed by atoms with Crippen LogP contribution in [-0.2, 0) is 4.79 Å². The molecule has 7 heteroatoms. The van der Waals surface area contributed by atoms with Gasteiger partial charge in [-0.15, -0.1) is 0 Å².